The zero-order chi connectivity index (χ0) is 13.3. The molecule has 2 atom stereocenters. The fraction of sp³-hybridized carbons (Fsp3) is 0.417. The predicted molar refractivity (Wildman–Crippen MR) is 70.5 cm³/mol. The average molecular weight is 281 g/mol. The highest BCUT2D eigenvalue weighted by atomic mass is 35.5. The number of alkyl halides is 1. The maximum atomic E-state index is 9.28. The smallest absolute Gasteiger partial charge is 0.156 e. The normalized spacial score (nSPS) is 25.1. The highest BCUT2D eigenvalue weighted by molar-refractivity contribution is 6.33. The van der Waals surface area contributed by atoms with E-state index in [4.69, 9.17) is 23.2 Å². The first-order valence-electron chi connectivity index (χ1n) is 5.30. The molecule has 0 fully saturated rings. The highest BCUT2D eigenvalue weighted by Crippen LogP contribution is 2.50. The standard InChI is InChI=1S/C12H10Cl2N4/c1-3-4-5-18-10-9(16-7-17-11(10)13)8(6-15)12(18,2)14/h7-8H,5H2,1-2H3. The van der Waals surface area contributed by atoms with E-state index in [0.29, 0.717) is 23.1 Å². The van der Waals surface area contributed by atoms with Crippen LogP contribution in [0, 0.1) is 23.2 Å². The Bertz CT molecular complexity index is 580. The lowest BCUT2D eigenvalue weighted by Gasteiger charge is -2.31. The minimum absolute atomic E-state index is 0.294. The van der Waals surface area contributed by atoms with Crippen molar-refractivity contribution < 1.29 is 0 Å². The second-order valence-electron chi connectivity index (χ2n) is 4.00. The molecule has 0 radical (unpaired) electrons. The molecule has 2 unspecified atom stereocenters. The van der Waals surface area contributed by atoms with Crippen molar-refractivity contribution in [1.82, 2.24) is 9.97 Å². The van der Waals surface area contributed by atoms with Crippen LogP contribution in [0.4, 0.5) is 5.69 Å². The molecule has 2 heterocycles. The van der Waals surface area contributed by atoms with Crippen LogP contribution in [0.25, 0.3) is 0 Å². The summed E-state index contributed by atoms with van der Waals surface area (Å²) in [5, 5.41) is 9.58. The van der Waals surface area contributed by atoms with Gasteiger partial charge in [-0.05, 0) is 13.8 Å². The molecule has 1 aliphatic rings. The van der Waals surface area contributed by atoms with Crippen LogP contribution in [0.1, 0.15) is 25.5 Å². The van der Waals surface area contributed by atoms with E-state index in [1.54, 1.807) is 18.7 Å². The number of hydrogen-bond donors (Lipinski definition) is 0. The number of fused-ring (bicyclic) bond motifs is 1. The van der Waals surface area contributed by atoms with Crippen LogP contribution in [0.3, 0.4) is 0 Å². The van der Waals surface area contributed by atoms with Crippen molar-refractivity contribution in [1.29, 1.82) is 5.26 Å². The fourth-order valence-corrected chi connectivity index (χ4v) is 2.56. The van der Waals surface area contributed by atoms with E-state index < -0.39 is 10.9 Å². The average Bonchev–Trinajstić information content (AvgIpc) is 2.54. The first-order valence-corrected chi connectivity index (χ1v) is 6.05. The summed E-state index contributed by atoms with van der Waals surface area (Å²) in [5.41, 5.74) is 1.17. The number of hydrogen-bond acceptors (Lipinski definition) is 4. The molecule has 0 bridgehead atoms. The Hall–Kier alpha value is -1.49. The Labute approximate surface area is 116 Å². The number of halogens is 2. The van der Waals surface area contributed by atoms with Gasteiger partial charge < -0.3 is 4.90 Å². The van der Waals surface area contributed by atoms with Crippen molar-refractivity contribution in [2.24, 2.45) is 0 Å². The number of nitrogens with zero attached hydrogens (tertiary/aromatic N) is 4. The second-order valence-corrected chi connectivity index (χ2v) is 5.12. The summed E-state index contributed by atoms with van der Waals surface area (Å²) in [6, 6.07) is 2.17. The zero-order valence-electron chi connectivity index (χ0n) is 9.91. The maximum Gasteiger partial charge on any atom is 0.156 e. The third kappa shape index (κ3) is 1.79. The molecule has 0 N–H and O–H groups in total. The van der Waals surface area contributed by atoms with Gasteiger partial charge in [0.2, 0.25) is 0 Å². The van der Waals surface area contributed by atoms with Crippen molar-refractivity contribution in [3.05, 3.63) is 17.2 Å². The van der Waals surface area contributed by atoms with Gasteiger partial charge in [-0.25, -0.2) is 9.97 Å². The third-order valence-corrected chi connectivity index (χ3v) is 3.65. The van der Waals surface area contributed by atoms with E-state index >= 15 is 0 Å². The molecule has 0 aromatic carbocycles. The highest BCUT2D eigenvalue weighted by Gasteiger charge is 2.49. The predicted octanol–water partition coefficient (Wildman–Crippen LogP) is 2.54. The van der Waals surface area contributed by atoms with Gasteiger partial charge in [-0.2, -0.15) is 5.26 Å². The summed E-state index contributed by atoms with van der Waals surface area (Å²) in [6.07, 6.45) is 1.34. The first-order chi connectivity index (χ1) is 8.54. The maximum absolute atomic E-state index is 9.28. The molecule has 1 aromatic rings. The second kappa shape index (κ2) is 4.65. The molecule has 6 heteroatoms. The molecule has 0 spiro atoms. The molecule has 0 amide bonds. The van der Waals surface area contributed by atoms with E-state index in [1.165, 1.54) is 6.33 Å². The molecule has 1 aromatic heterocycles. The van der Waals surface area contributed by atoms with Crippen molar-refractivity contribution in [3.63, 3.8) is 0 Å². The summed E-state index contributed by atoms with van der Waals surface area (Å²) in [7, 11) is 0. The molecule has 4 nitrogen and oxygen atoms in total. The monoisotopic (exact) mass is 280 g/mol. The quantitative estimate of drug-likeness (QED) is 0.343. The van der Waals surface area contributed by atoms with Crippen LogP contribution in [-0.2, 0) is 0 Å². The van der Waals surface area contributed by atoms with E-state index in [-0.39, 0.29) is 0 Å². The largest absolute Gasteiger partial charge is 0.336 e. The molecule has 92 valence electrons. The summed E-state index contributed by atoms with van der Waals surface area (Å²) < 4.78 is 0. The lowest BCUT2D eigenvalue weighted by Crippen LogP contribution is -2.41. The minimum Gasteiger partial charge on any atom is -0.336 e. The van der Waals surface area contributed by atoms with Gasteiger partial charge in [0.1, 0.15) is 22.9 Å². The van der Waals surface area contributed by atoms with Crippen molar-refractivity contribution in [2.75, 3.05) is 11.4 Å². The van der Waals surface area contributed by atoms with Gasteiger partial charge in [0.15, 0.2) is 5.15 Å². The molecule has 0 aliphatic carbocycles. The molecule has 0 saturated carbocycles. The first kappa shape index (κ1) is 13.0. The molecule has 0 saturated heterocycles. The van der Waals surface area contributed by atoms with Crippen LogP contribution in [-0.4, -0.2) is 21.5 Å². The van der Waals surface area contributed by atoms with Gasteiger partial charge in [-0.15, -0.1) is 5.92 Å². The number of nitriles is 1. The number of anilines is 1. The van der Waals surface area contributed by atoms with Crippen LogP contribution in [0.5, 0.6) is 0 Å². The van der Waals surface area contributed by atoms with E-state index in [1.807, 2.05) is 0 Å². The van der Waals surface area contributed by atoms with E-state index in [9.17, 15) is 5.26 Å². The Balaban J connectivity index is 2.61. The minimum atomic E-state index is -0.916. The molecule has 2 rings (SSSR count). The van der Waals surface area contributed by atoms with Gasteiger partial charge in [0.05, 0.1) is 18.3 Å². The summed E-state index contributed by atoms with van der Waals surface area (Å²) in [4.78, 5) is 8.93. The Kier molecular flexibility index (Phi) is 3.34. The summed E-state index contributed by atoms with van der Waals surface area (Å²) in [6.45, 7) is 3.89. The van der Waals surface area contributed by atoms with E-state index in [2.05, 4.69) is 27.9 Å². The lowest BCUT2D eigenvalue weighted by atomic mass is 10.0. The van der Waals surface area contributed by atoms with Gasteiger partial charge in [-0.1, -0.05) is 29.1 Å². The SMILES string of the molecule is CC#CCN1c2c(Cl)ncnc2C(C#N)C1(C)Cl. The fourth-order valence-electron chi connectivity index (χ4n) is 2.03. The van der Waals surface area contributed by atoms with Crippen molar-refractivity contribution >= 4 is 28.9 Å². The lowest BCUT2D eigenvalue weighted by molar-refractivity contribution is 0.587. The molecular weight excluding hydrogens is 271 g/mol. The molecule has 1 aliphatic heterocycles. The van der Waals surface area contributed by atoms with E-state index in [0.717, 1.165) is 0 Å². The molecule has 18 heavy (non-hydrogen) atoms. The Morgan fingerprint density at radius 2 is 2.28 bits per heavy atom. The Morgan fingerprint density at radius 3 is 2.89 bits per heavy atom. The Morgan fingerprint density at radius 1 is 1.56 bits per heavy atom. The van der Waals surface area contributed by atoms with Crippen LogP contribution in [0.2, 0.25) is 5.15 Å². The van der Waals surface area contributed by atoms with Gasteiger partial charge in [0.25, 0.3) is 0 Å². The van der Waals surface area contributed by atoms with Crippen LogP contribution < -0.4 is 4.90 Å². The van der Waals surface area contributed by atoms with Gasteiger partial charge >= 0.3 is 0 Å². The number of rotatable bonds is 1. The van der Waals surface area contributed by atoms with Crippen molar-refractivity contribution in [3.8, 4) is 17.9 Å². The third-order valence-electron chi connectivity index (χ3n) is 2.95. The van der Waals surface area contributed by atoms with Gasteiger partial charge in [-0.3, -0.25) is 0 Å². The zero-order valence-corrected chi connectivity index (χ0v) is 11.4. The molecular formula is C12H10Cl2N4. The van der Waals surface area contributed by atoms with Crippen LogP contribution in [0.15, 0.2) is 6.33 Å². The topological polar surface area (TPSA) is 52.8 Å². The summed E-state index contributed by atoms with van der Waals surface area (Å²) in [5.74, 6) is 5.16. The van der Waals surface area contributed by atoms with Crippen LogP contribution >= 0.6 is 23.2 Å². The van der Waals surface area contributed by atoms with Crippen molar-refractivity contribution in [2.45, 2.75) is 24.8 Å². The summed E-state index contributed by atoms with van der Waals surface area (Å²) >= 11 is 12.6. The number of aromatic nitrogens is 2. The van der Waals surface area contributed by atoms with Gasteiger partial charge in [0, 0.05) is 0 Å².